The molecule has 0 saturated heterocycles. The minimum absolute atomic E-state index is 0.256. The summed E-state index contributed by atoms with van der Waals surface area (Å²) in [5.74, 6) is 0.927. The summed E-state index contributed by atoms with van der Waals surface area (Å²) in [6, 6.07) is 6.14. The van der Waals surface area contributed by atoms with Gasteiger partial charge in [-0.05, 0) is 44.0 Å². The Morgan fingerprint density at radius 2 is 2.00 bits per heavy atom. The Bertz CT molecular complexity index is 1290. The monoisotopic (exact) mass is 427 g/mol. The number of nitrogens with zero attached hydrogens (tertiary/aromatic N) is 4. The van der Waals surface area contributed by atoms with Crippen LogP contribution in [0, 0.1) is 20.8 Å². The van der Waals surface area contributed by atoms with Gasteiger partial charge in [-0.2, -0.15) is 0 Å². The quantitative estimate of drug-likeness (QED) is 0.638. The summed E-state index contributed by atoms with van der Waals surface area (Å²) in [6.07, 6.45) is 3.39. The summed E-state index contributed by atoms with van der Waals surface area (Å²) < 4.78 is 25.6. The molecule has 9 heteroatoms. The lowest BCUT2D eigenvalue weighted by molar-refractivity contribution is 0.240. The fourth-order valence-electron chi connectivity index (χ4n) is 4.04. The van der Waals surface area contributed by atoms with Crippen molar-refractivity contribution in [3.63, 3.8) is 0 Å². The molecule has 3 aromatic rings. The molecular formula is C21H25N5O3S. The van der Waals surface area contributed by atoms with E-state index in [0.29, 0.717) is 37.3 Å². The van der Waals surface area contributed by atoms with Gasteiger partial charge in [0, 0.05) is 49.9 Å². The third kappa shape index (κ3) is 3.70. The zero-order valence-electron chi connectivity index (χ0n) is 17.6. The van der Waals surface area contributed by atoms with E-state index < -0.39 is 9.84 Å². The fraction of sp³-hybridized carbons (Fsp3) is 0.381. The van der Waals surface area contributed by atoms with E-state index in [1.807, 2.05) is 19.1 Å². The number of sulfone groups is 1. The molecule has 0 amide bonds. The molecule has 0 radical (unpaired) electrons. The van der Waals surface area contributed by atoms with Crippen LogP contribution < -0.4 is 5.56 Å². The van der Waals surface area contributed by atoms with Gasteiger partial charge in [0.15, 0.2) is 0 Å². The molecule has 30 heavy (non-hydrogen) atoms. The Labute approximate surface area is 175 Å². The van der Waals surface area contributed by atoms with Crippen molar-refractivity contribution in [3.05, 3.63) is 68.5 Å². The minimum atomic E-state index is -3.55. The summed E-state index contributed by atoms with van der Waals surface area (Å²) in [7, 11) is -3.55. The molecule has 1 aliphatic rings. The number of aryl methyl sites for hydroxylation is 2. The first-order valence-corrected chi connectivity index (χ1v) is 11.7. The van der Waals surface area contributed by atoms with E-state index >= 15 is 0 Å². The highest BCUT2D eigenvalue weighted by Gasteiger charge is 2.24. The number of fused-ring (bicyclic) bond motifs is 1. The van der Waals surface area contributed by atoms with Gasteiger partial charge in [-0.15, -0.1) is 0 Å². The van der Waals surface area contributed by atoms with Gasteiger partial charge in [-0.3, -0.25) is 14.7 Å². The van der Waals surface area contributed by atoms with E-state index in [9.17, 15) is 13.2 Å². The van der Waals surface area contributed by atoms with Gasteiger partial charge in [0.25, 0.3) is 5.56 Å². The van der Waals surface area contributed by atoms with Gasteiger partial charge in [0.2, 0.25) is 15.0 Å². The lowest BCUT2D eigenvalue weighted by Gasteiger charge is -2.27. The molecule has 0 spiro atoms. The molecular weight excluding hydrogens is 402 g/mol. The average molecular weight is 428 g/mol. The van der Waals surface area contributed by atoms with E-state index in [0.717, 1.165) is 29.0 Å². The number of rotatable bonds is 4. The molecule has 0 aromatic carbocycles. The van der Waals surface area contributed by atoms with Crippen LogP contribution in [0.5, 0.6) is 0 Å². The topological polar surface area (TPSA) is 101 Å². The highest BCUT2D eigenvalue weighted by Crippen LogP contribution is 2.24. The van der Waals surface area contributed by atoms with Crippen molar-refractivity contribution in [3.8, 4) is 5.82 Å². The second-order valence-electron chi connectivity index (χ2n) is 7.90. The molecule has 1 N–H and O–H groups in total. The Hall–Kier alpha value is -2.78. The Morgan fingerprint density at radius 1 is 1.23 bits per heavy atom. The Balaban J connectivity index is 1.62. The van der Waals surface area contributed by atoms with Crippen molar-refractivity contribution in [1.29, 1.82) is 0 Å². The van der Waals surface area contributed by atoms with Gasteiger partial charge in [0.05, 0.1) is 11.3 Å². The standard InChI is InChI=1S/C21H25N5O3S/c1-13-6-5-8-22-19(13)26-14(2)10-16(15(26)3)11-25-9-7-18-17(12-25)20(27)24-21(23-18)30(4,28)29/h5-6,8,10H,7,9,11-12H2,1-4H3,(H,23,24,27). The normalized spacial score (nSPS) is 14.7. The SMILES string of the molecule is Cc1cccnc1-n1c(C)cc(CN2CCc3nc(S(C)(=O)=O)[nH]c(=O)c3C2)c1C. The van der Waals surface area contributed by atoms with Crippen LogP contribution in [0.2, 0.25) is 0 Å². The zero-order valence-corrected chi connectivity index (χ0v) is 18.4. The summed E-state index contributed by atoms with van der Waals surface area (Å²) in [4.78, 5) is 25.8. The predicted molar refractivity (Wildman–Crippen MR) is 114 cm³/mol. The summed E-state index contributed by atoms with van der Waals surface area (Å²) in [6.45, 7) is 8.04. The first-order valence-electron chi connectivity index (χ1n) is 9.79. The lowest BCUT2D eigenvalue weighted by atomic mass is 10.1. The van der Waals surface area contributed by atoms with Crippen LogP contribution in [-0.2, 0) is 29.3 Å². The molecule has 0 bridgehead atoms. The molecule has 1 aliphatic heterocycles. The maximum absolute atomic E-state index is 12.5. The second-order valence-corrected chi connectivity index (χ2v) is 9.84. The number of aromatic amines is 1. The van der Waals surface area contributed by atoms with Gasteiger partial charge in [-0.1, -0.05) is 6.07 Å². The first-order chi connectivity index (χ1) is 14.1. The maximum Gasteiger partial charge on any atom is 0.256 e. The number of nitrogens with one attached hydrogen (secondary N) is 1. The van der Waals surface area contributed by atoms with E-state index in [1.165, 1.54) is 5.56 Å². The number of pyridine rings is 1. The molecule has 0 atom stereocenters. The first kappa shape index (κ1) is 20.5. The van der Waals surface area contributed by atoms with E-state index in [4.69, 9.17) is 0 Å². The van der Waals surface area contributed by atoms with Crippen LogP contribution in [0.15, 0.2) is 34.3 Å². The van der Waals surface area contributed by atoms with Crippen molar-refractivity contribution in [2.45, 2.75) is 45.4 Å². The van der Waals surface area contributed by atoms with Crippen molar-refractivity contribution in [1.82, 2.24) is 24.4 Å². The number of aromatic nitrogens is 4. The maximum atomic E-state index is 12.5. The summed E-state index contributed by atoms with van der Waals surface area (Å²) >= 11 is 0. The average Bonchev–Trinajstić information content (AvgIpc) is 2.95. The molecule has 158 valence electrons. The van der Waals surface area contributed by atoms with E-state index in [-0.39, 0.29) is 10.7 Å². The molecule has 3 aromatic heterocycles. The van der Waals surface area contributed by atoms with Crippen molar-refractivity contribution < 1.29 is 8.42 Å². The molecule has 0 saturated carbocycles. The van der Waals surface area contributed by atoms with E-state index in [1.54, 1.807) is 6.20 Å². The summed E-state index contributed by atoms with van der Waals surface area (Å²) in [5, 5.41) is -0.256. The number of hydrogen-bond donors (Lipinski definition) is 1. The molecule has 0 fully saturated rings. The van der Waals surface area contributed by atoms with Crippen molar-refractivity contribution in [2.24, 2.45) is 0 Å². The molecule has 0 unspecified atom stereocenters. The van der Waals surface area contributed by atoms with Crippen LogP contribution in [0.3, 0.4) is 0 Å². The van der Waals surface area contributed by atoms with Crippen LogP contribution >= 0.6 is 0 Å². The van der Waals surface area contributed by atoms with Crippen LogP contribution in [-0.4, -0.2) is 45.6 Å². The van der Waals surface area contributed by atoms with Crippen molar-refractivity contribution in [2.75, 3.05) is 12.8 Å². The Morgan fingerprint density at radius 3 is 2.70 bits per heavy atom. The lowest BCUT2D eigenvalue weighted by Crippen LogP contribution is -2.36. The smallest absolute Gasteiger partial charge is 0.256 e. The third-order valence-corrected chi connectivity index (χ3v) is 6.50. The molecule has 8 nitrogen and oxygen atoms in total. The molecule has 0 aliphatic carbocycles. The van der Waals surface area contributed by atoms with Crippen LogP contribution in [0.25, 0.3) is 5.82 Å². The predicted octanol–water partition coefficient (Wildman–Crippen LogP) is 1.84. The third-order valence-electron chi connectivity index (χ3n) is 5.60. The number of H-pyrrole nitrogens is 1. The highest BCUT2D eigenvalue weighted by atomic mass is 32.2. The summed E-state index contributed by atoms with van der Waals surface area (Å²) in [5.41, 5.74) is 5.27. The second kappa shape index (κ2) is 7.48. The van der Waals surface area contributed by atoms with Gasteiger partial charge >= 0.3 is 0 Å². The van der Waals surface area contributed by atoms with Crippen molar-refractivity contribution >= 4 is 9.84 Å². The van der Waals surface area contributed by atoms with Gasteiger partial charge in [-0.25, -0.2) is 18.4 Å². The van der Waals surface area contributed by atoms with Gasteiger partial charge < -0.3 is 4.57 Å². The zero-order chi connectivity index (χ0) is 21.6. The molecule has 4 rings (SSSR count). The van der Waals surface area contributed by atoms with E-state index in [2.05, 4.69) is 44.3 Å². The minimum Gasteiger partial charge on any atom is -0.303 e. The van der Waals surface area contributed by atoms with Crippen LogP contribution in [0.1, 0.15) is 33.8 Å². The largest absolute Gasteiger partial charge is 0.303 e. The van der Waals surface area contributed by atoms with Crippen LogP contribution in [0.4, 0.5) is 0 Å². The van der Waals surface area contributed by atoms with Gasteiger partial charge in [0.1, 0.15) is 5.82 Å². The number of hydrogen-bond acceptors (Lipinski definition) is 6. The fourth-order valence-corrected chi connectivity index (χ4v) is 4.59. The molecule has 4 heterocycles. The Kier molecular flexibility index (Phi) is 5.11. The highest BCUT2D eigenvalue weighted by molar-refractivity contribution is 7.90.